The third-order valence-corrected chi connectivity index (χ3v) is 5.34. The fourth-order valence-corrected chi connectivity index (χ4v) is 3.72. The molecule has 0 unspecified atom stereocenters. The van der Waals surface area contributed by atoms with E-state index in [1.54, 1.807) is 0 Å². The van der Waals surface area contributed by atoms with Crippen LogP contribution in [0.1, 0.15) is 31.0 Å². The Morgan fingerprint density at radius 3 is 2.36 bits per heavy atom. The molecule has 0 N–H and O–H groups in total. The average molecular weight is 335 g/mol. The Balaban J connectivity index is 1.37. The van der Waals surface area contributed by atoms with Crippen LogP contribution in [0.15, 0.2) is 36.7 Å². The second kappa shape index (κ2) is 5.98. The van der Waals surface area contributed by atoms with E-state index < -0.39 is 0 Å². The van der Waals surface area contributed by atoms with Gasteiger partial charge in [0.05, 0.1) is 0 Å². The summed E-state index contributed by atoms with van der Waals surface area (Å²) in [4.78, 5) is 8.82. The van der Waals surface area contributed by atoms with Gasteiger partial charge in [-0.25, -0.2) is 0 Å². The first-order chi connectivity index (χ1) is 12.4. The number of hydrogen-bond donors (Lipinski definition) is 0. The van der Waals surface area contributed by atoms with E-state index >= 15 is 0 Å². The number of pyridine rings is 1. The number of rotatable bonds is 3. The van der Waals surface area contributed by atoms with E-state index in [0.29, 0.717) is 5.92 Å². The summed E-state index contributed by atoms with van der Waals surface area (Å²) >= 11 is 0. The van der Waals surface area contributed by atoms with Crippen molar-refractivity contribution >= 4 is 17.2 Å². The molecule has 0 bridgehead atoms. The second-order valence-electron chi connectivity index (χ2n) is 6.83. The molecule has 2 aliphatic heterocycles. The lowest BCUT2D eigenvalue weighted by Crippen LogP contribution is -2.38. The van der Waals surface area contributed by atoms with E-state index in [2.05, 4.69) is 43.2 Å². The van der Waals surface area contributed by atoms with E-state index in [1.807, 2.05) is 23.0 Å². The van der Waals surface area contributed by atoms with Crippen LogP contribution in [-0.4, -0.2) is 51.0 Å². The summed E-state index contributed by atoms with van der Waals surface area (Å²) in [7, 11) is 0. The largest absolute Gasteiger partial charge is 0.371 e. The first-order valence-electron chi connectivity index (χ1n) is 9.01. The standard InChI is InChI=1S/C18H21N7/c1-10-24(11-1)17-3-2-16-20-21-18(25(16)22-17)14-6-12-23(13-7-14)15-4-8-19-9-5-15/h2-5,8-9,14H,1,6-7,10-13H2. The second-order valence-corrected chi connectivity index (χ2v) is 6.83. The van der Waals surface area contributed by atoms with Gasteiger partial charge in [-0.2, -0.15) is 4.52 Å². The third-order valence-electron chi connectivity index (χ3n) is 5.34. The highest BCUT2D eigenvalue weighted by Crippen LogP contribution is 2.29. The van der Waals surface area contributed by atoms with E-state index in [4.69, 9.17) is 5.10 Å². The minimum absolute atomic E-state index is 0.409. The molecule has 3 aromatic rings. The van der Waals surface area contributed by atoms with Gasteiger partial charge in [-0.05, 0) is 43.5 Å². The lowest BCUT2D eigenvalue weighted by atomic mass is 9.96. The summed E-state index contributed by atoms with van der Waals surface area (Å²) in [6.07, 6.45) is 7.10. The molecule has 2 fully saturated rings. The van der Waals surface area contributed by atoms with Crippen LogP contribution in [0.5, 0.6) is 0 Å². The van der Waals surface area contributed by atoms with Gasteiger partial charge in [0.2, 0.25) is 0 Å². The fraction of sp³-hybridized carbons (Fsp3) is 0.444. The van der Waals surface area contributed by atoms with Gasteiger partial charge in [-0.3, -0.25) is 4.98 Å². The topological polar surface area (TPSA) is 62.5 Å². The van der Waals surface area contributed by atoms with E-state index in [9.17, 15) is 0 Å². The van der Waals surface area contributed by atoms with Crippen LogP contribution in [0.3, 0.4) is 0 Å². The smallest absolute Gasteiger partial charge is 0.178 e. The lowest BCUT2D eigenvalue weighted by molar-refractivity contribution is 0.476. The Kier molecular flexibility index (Phi) is 3.50. The molecule has 0 aromatic carbocycles. The number of aromatic nitrogens is 5. The molecule has 5 heterocycles. The number of hydrogen-bond acceptors (Lipinski definition) is 6. The van der Waals surface area contributed by atoms with E-state index in [-0.39, 0.29) is 0 Å². The highest BCUT2D eigenvalue weighted by atomic mass is 15.4. The van der Waals surface area contributed by atoms with Crippen molar-refractivity contribution in [3.8, 4) is 0 Å². The van der Waals surface area contributed by atoms with Crippen molar-refractivity contribution < 1.29 is 0 Å². The molecule has 25 heavy (non-hydrogen) atoms. The third kappa shape index (κ3) is 2.59. The molecule has 7 heteroatoms. The zero-order valence-electron chi connectivity index (χ0n) is 14.1. The normalized spacial score (nSPS) is 18.6. The van der Waals surface area contributed by atoms with Crippen LogP contribution in [-0.2, 0) is 0 Å². The Hall–Kier alpha value is -2.70. The SMILES string of the molecule is c1cc(N2CCC(c3nnc4ccc(N5CCC5)nn34)CC2)ccn1. The summed E-state index contributed by atoms with van der Waals surface area (Å²) in [6, 6.07) is 8.24. The molecular weight excluding hydrogens is 314 g/mol. The van der Waals surface area contributed by atoms with Crippen molar-refractivity contribution in [1.29, 1.82) is 0 Å². The highest BCUT2D eigenvalue weighted by Gasteiger charge is 2.26. The zero-order valence-corrected chi connectivity index (χ0v) is 14.1. The molecule has 0 radical (unpaired) electrons. The maximum Gasteiger partial charge on any atom is 0.178 e. The Morgan fingerprint density at radius 2 is 1.64 bits per heavy atom. The molecule has 7 nitrogen and oxygen atoms in total. The Bertz CT molecular complexity index is 864. The average Bonchev–Trinajstić information content (AvgIpc) is 3.04. The highest BCUT2D eigenvalue weighted by molar-refractivity contribution is 5.48. The number of fused-ring (bicyclic) bond motifs is 1. The van der Waals surface area contributed by atoms with Crippen molar-refractivity contribution in [2.45, 2.75) is 25.2 Å². The van der Waals surface area contributed by atoms with E-state index in [1.165, 1.54) is 12.1 Å². The molecule has 3 aromatic heterocycles. The summed E-state index contributed by atoms with van der Waals surface area (Å²) in [5, 5.41) is 13.6. The molecule has 0 aliphatic carbocycles. The minimum Gasteiger partial charge on any atom is -0.371 e. The molecule has 0 saturated carbocycles. The molecule has 2 saturated heterocycles. The maximum absolute atomic E-state index is 4.81. The van der Waals surface area contributed by atoms with Gasteiger partial charge in [0, 0.05) is 50.2 Å². The first-order valence-corrected chi connectivity index (χ1v) is 9.01. The maximum atomic E-state index is 4.81. The first kappa shape index (κ1) is 14.6. The Labute approximate surface area is 146 Å². The molecule has 5 rings (SSSR count). The van der Waals surface area contributed by atoms with Crippen molar-refractivity contribution in [2.75, 3.05) is 36.0 Å². The quantitative estimate of drug-likeness (QED) is 0.730. The number of nitrogens with zero attached hydrogens (tertiary/aromatic N) is 7. The summed E-state index contributed by atoms with van der Waals surface area (Å²) in [5.41, 5.74) is 2.09. The zero-order chi connectivity index (χ0) is 16.6. The molecular formula is C18H21N7. The van der Waals surface area contributed by atoms with Crippen molar-refractivity contribution in [1.82, 2.24) is 24.8 Å². The molecule has 2 aliphatic rings. The van der Waals surface area contributed by atoms with Crippen molar-refractivity contribution in [2.24, 2.45) is 0 Å². The summed E-state index contributed by atoms with van der Waals surface area (Å²) in [6.45, 7) is 4.24. The minimum atomic E-state index is 0.409. The molecule has 0 amide bonds. The van der Waals surface area contributed by atoms with Crippen molar-refractivity contribution in [3.05, 3.63) is 42.5 Å². The fourth-order valence-electron chi connectivity index (χ4n) is 3.72. The van der Waals surface area contributed by atoms with Crippen LogP contribution < -0.4 is 9.80 Å². The van der Waals surface area contributed by atoms with Gasteiger partial charge in [-0.1, -0.05) is 0 Å². The Morgan fingerprint density at radius 1 is 0.840 bits per heavy atom. The molecule has 128 valence electrons. The summed E-state index contributed by atoms with van der Waals surface area (Å²) < 4.78 is 1.96. The van der Waals surface area contributed by atoms with Crippen LogP contribution in [0.4, 0.5) is 11.5 Å². The summed E-state index contributed by atoms with van der Waals surface area (Å²) in [5.74, 6) is 2.45. The van der Waals surface area contributed by atoms with Gasteiger partial charge >= 0.3 is 0 Å². The van der Waals surface area contributed by atoms with Gasteiger partial charge in [0.15, 0.2) is 11.5 Å². The lowest BCUT2D eigenvalue weighted by Gasteiger charge is -2.33. The van der Waals surface area contributed by atoms with Gasteiger partial charge in [0.25, 0.3) is 0 Å². The predicted molar refractivity (Wildman–Crippen MR) is 96.0 cm³/mol. The van der Waals surface area contributed by atoms with Gasteiger partial charge in [-0.15, -0.1) is 15.3 Å². The van der Waals surface area contributed by atoms with Crippen LogP contribution >= 0.6 is 0 Å². The number of piperidine rings is 1. The van der Waals surface area contributed by atoms with Crippen LogP contribution in [0.25, 0.3) is 5.65 Å². The molecule has 0 atom stereocenters. The van der Waals surface area contributed by atoms with Crippen molar-refractivity contribution in [3.63, 3.8) is 0 Å². The van der Waals surface area contributed by atoms with Crippen LogP contribution in [0, 0.1) is 0 Å². The predicted octanol–water partition coefficient (Wildman–Crippen LogP) is 2.11. The van der Waals surface area contributed by atoms with Gasteiger partial charge < -0.3 is 9.80 Å². The van der Waals surface area contributed by atoms with Crippen LogP contribution in [0.2, 0.25) is 0 Å². The number of anilines is 2. The molecule has 0 spiro atoms. The monoisotopic (exact) mass is 335 g/mol. The van der Waals surface area contributed by atoms with E-state index in [0.717, 1.165) is 56.3 Å². The van der Waals surface area contributed by atoms with Gasteiger partial charge in [0.1, 0.15) is 5.82 Å².